The summed E-state index contributed by atoms with van der Waals surface area (Å²) in [6, 6.07) is 10.3. The van der Waals surface area contributed by atoms with E-state index in [0.29, 0.717) is 23.7 Å². The van der Waals surface area contributed by atoms with Gasteiger partial charge < -0.3 is 5.11 Å². The minimum absolute atomic E-state index is 0.117. The van der Waals surface area contributed by atoms with E-state index in [2.05, 4.69) is 60.7 Å². The number of carbonyl (C=O) groups is 1. The minimum atomic E-state index is -0.560. The molecule has 0 aromatic heterocycles. The van der Waals surface area contributed by atoms with Crippen molar-refractivity contribution in [1.29, 1.82) is 0 Å². The molecule has 5 aliphatic rings. The van der Waals surface area contributed by atoms with E-state index in [1.807, 2.05) is 6.07 Å². The Hall–Kier alpha value is -2.09. The fraction of sp³-hybridized carbons (Fsp3) is 0.435. The van der Waals surface area contributed by atoms with Crippen LogP contribution in [0.3, 0.4) is 0 Å². The number of allylic oxidation sites excluding steroid dienone is 5. The summed E-state index contributed by atoms with van der Waals surface area (Å²) < 4.78 is 0. The van der Waals surface area contributed by atoms with Gasteiger partial charge >= 0.3 is 5.97 Å². The number of benzene rings is 1. The molecule has 0 saturated heterocycles. The maximum atomic E-state index is 11.8. The number of aliphatic carboxylic acids is 1. The smallest absolute Gasteiger partial charge is 0.307 e. The average Bonchev–Trinajstić information content (AvgIpc) is 2.82. The maximum Gasteiger partial charge on any atom is 0.307 e. The highest BCUT2D eigenvalue weighted by molar-refractivity contribution is 5.72. The third kappa shape index (κ3) is 2.19. The summed E-state index contributed by atoms with van der Waals surface area (Å²) in [5.74, 6) is 3.43. The lowest BCUT2D eigenvalue weighted by molar-refractivity contribution is -0.154. The van der Waals surface area contributed by atoms with Crippen LogP contribution in [0.5, 0.6) is 0 Å². The fourth-order valence-corrected chi connectivity index (χ4v) is 6.58. The van der Waals surface area contributed by atoms with Crippen LogP contribution in [-0.2, 0) is 4.79 Å². The second-order valence-corrected chi connectivity index (χ2v) is 8.22. The Kier molecular flexibility index (Phi) is 3.48. The predicted molar refractivity (Wildman–Crippen MR) is 98.5 cm³/mol. The van der Waals surface area contributed by atoms with E-state index in [9.17, 15) is 9.90 Å². The van der Waals surface area contributed by atoms with Crippen LogP contribution in [0.25, 0.3) is 6.08 Å². The first-order valence-electron chi connectivity index (χ1n) is 9.55. The van der Waals surface area contributed by atoms with Crippen LogP contribution < -0.4 is 0 Å². The number of rotatable bonds is 5. The third-order valence-electron chi connectivity index (χ3n) is 7.37. The van der Waals surface area contributed by atoms with E-state index in [4.69, 9.17) is 0 Å². The summed E-state index contributed by atoms with van der Waals surface area (Å²) in [6.07, 6.45) is 15.5. The first-order chi connectivity index (χ1) is 12.3. The van der Waals surface area contributed by atoms with Gasteiger partial charge in [0, 0.05) is 0 Å². The van der Waals surface area contributed by atoms with E-state index in [1.54, 1.807) is 0 Å². The molecule has 5 aliphatic carbocycles. The van der Waals surface area contributed by atoms with E-state index >= 15 is 0 Å². The lowest BCUT2D eigenvalue weighted by Gasteiger charge is -2.58. The Labute approximate surface area is 148 Å². The summed E-state index contributed by atoms with van der Waals surface area (Å²) in [5, 5.41) is 9.70. The zero-order valence-corrected chi connectivity index (χ0v) is 14.2. The molecule has 25 heavy (non-hydrogen) atoms. The molecule has 1 N–H and O–H groups in total. The molecule has 3 fully saturated rings. The van der Waals surface area contributed by atoms with Crippen LogP contribution in [0.15, 0.2) is 60.7 Å². The van der Waals surface area contributed by atoms with Crippen molar-refractivity contribution in [3.8, 4) is 0 Å². The first kappa shape index (κ1) is 15.2. The summed E-state index contributed by atoms with van der Waals surface area (Å²) in [5.41, 5.74) is 1.22. The van der Waals surface area contributed by atoms with Crippen molar-refractivity contribution < 1.29 is 9.90 Å². The molecule has 0 spiro atoms. The molecule has 0 unspecified atom stereocenters. The number of hydrogen-bond donors (Lipinski definition) is 1. The van der Waals surface area contributed by atoms with Crippen molar-refractivity contribution in [1.82, 2.24) is 0 Å². The number of carboxylic acids is 1. The highest BCUT2D eigenvalue weighted by Gasteiger charge is 2.69. The van der Waals surface area contributed by atoms with Crippen molar-refractivity contribution in [2.75, 3.05) is 0 Å². The van der Waals surface area contributed by atoms with E-state index in [-0.39, 0.29) is 11.8 Å². The molecule has 2 heteroatoms. The molecule has 0 aliphatic heterocycles. The molecule has 1 aromatic carbocycles. The van der Waals surface area contributed by atoms with Gasteiger partial charge in [-0.05, 0) is 59.8 Å². The second kappa shape index (κ2) is 5.72. The molecule has 0 amide bonds. The van der Waals surface area contributed by atoms with Crippen LogP contribution in [0.2, 0.25) is 0 Å². The largest absolute Gasteiger partial charge is 0.481 e. The van der Waals surface area contributed by atoms with Gasteiger partial charge in [0.25, 0.3) is 0 Å². The van der Waals surface area contributed by atoms with Gasteiger partial charge in [-0.3, -0.25) is 4.79 Å². The lowest BCUT2D eigenvalue weighted by Crippen LogP contribution is -2.56. The lowest BCUT2D eigenvalue weighted by atomic mass is 9.45. The molecular formula is C23H24O2. The average molecular weight is 332 g/mol. The second-order valence-electron chi connectivity index (χ2n) is 8.22. The monoisotopic (exact) mass is 332 g/mol. The quantitative estimate of drug-likeness (QED) is 0.629. The van der Waals surface area contributed by atoms with Crippen LogP contribution >= 0.6 is 0 Å². The van der Waals surface area contributed by atoms with Crippen molar-refractivity contribution in [3.63, 3.8) is 0 Å². The Bertz CT molecular complexity index is 760. The van der Waals surface area contributed by atoms with E-state index < -0.39 is 5.97 Å². The molecule has 4 bridgehead atoms. The molecule has 0 radical (unpaired) electrons. The van der Waals surface area contributed by atoms with Crippen molar-refractivity contribution in [2.24, 2.45) is 47.3 Å². The Balaban J connectivity index is 1.27. The van der Waals surface area contributed by atoms with Gasteiger partial charge in [0.05, 0.1) is 5.92 Å². The predicted octanol–water partition coefficient (Wildman–Crippen LogP) is 4.66. The molecule has 3 saturated carbocycles. The van der Waals surface area contributed by atoms with Crippen molar-refractivity contribution in [3.05, 3.63) is 66.3 Å². The van der Waals surface area contributed by atoms with Gasteiger partial charge in [-0.1, -0.05) is 66.8 Å². The molecule has 8 atom stereocenters. The zero-order valence-electron chi connectivity index (χ0n) is 14.2. The van der Waals surface area contributed by atoms with Gasteiger partial charge in [-0.15, -0.1) is 0 Å². The Morgan fingerprint density at radius 2 is 1.84 bits per heavy atom. The SMILES string of the molecule is O=C(O)[C@H]1[C@H]2C=C[C@H]3[C@@H]1C[C@H]1[C@H](C/C=C/C=C/c4ccccc4)[C@@H]2[C@@H]31. The highest BCUT2D eigenvalue weighted by atomic mass is 16.4. The minimum Gasteiger partial charge on any atom is -0.481 e. The van der Waals surface area contributed by atoms with Crippen LogP contribution in [-0.4, -0.2) is 11.1 Å². The van der Waals surface area contributed by atoms with E-state index in [0.717, 1.165) is 24.7 Å². The van der Waals surface area contributed by atoms with Gasteiger partial charge in [-0.25, -0.2) is 0 Å². The molecule has 0 heterocycles. The highest BCUT2D eigenvalue weighted by Crippen LogP contribution is 2.72. The topological polar surface area (TPSA) is 37.3 Å². The molecule has 1 aromatic rings. The fourth-order valence-electron chi connectivity index (χ4n) is 6.58. The summed E-state index contributed by atoms with van der Waals surface area (Å²) in [6.45, 7) is 0. The molecular weight excluding hydrogens is 308 g/mol. The number of hydrogen-bond acceptors (Lipinski definition) is 1. The van der Waals surface area contributed by atoms with Gasteiger partial charge in [0.2, 0.25) is 0 Å². The zero-order chi connectivity index (χ0) is 17.0. The van der Waals surface area contributed by atoms with Gasteiger partial charge in [-0.2, -0.15) is 0 Å². The number of carboxylic acid groups (broad SMARTS) is 1. The normalized spacial score (nSPS) is 43.0. The van der Waals surface area contributed by atoms with Crippen molar-refractivity contribution >= 4 is 12.0 Å². The molecule has 6 rings (SSSR count). The molecule has 2 nitrogen and oxygen atoms in total. The standard InChI is InChI=1S/C23H24O2/c24-23(25)22-17-12-11-16-19(22)13-18-15(20(17)21(16)18)10-6-2-5-9-14-7-3-1-4-8-14/h1-9,11-12,15-22H,10,13H2,(H,24,25)/b6-2+,9-5+/t15-,16-,17-,18-,19-,20-,21-,22-/m0/s1. The van der Waals surface area contributed by atoms with Gasteiger partial charge in [0.15, 0.2) is 0 Å². The van der Waals surface area contributed by atoms with Crippen LogP contribution in [0.1, 0.15) is 18.4 Å². The van der Waals surface area contributed by atoms with E-state index in [1.165, 1.54) is 5.56 Å². The molecule has 128 valence electrons. The Morgan fingerprint density at radius 3 is 2.64 bits per heavy atom. The third-order valence-corrected chi connectivity index (χ3v) is 7.37. The van der Waals surface area contributed by atoms with Crippen LogP contribution in [0, 0.1) is 47.3 Å². The Morgan fingerprint density at radius 1 is 1.04 bits per heavy atom. The summed E-state index contributed by atoms with van der Waals surface area (Å²) in [7, 11) is 0. The summed E-state index contributed by atoms with van der Waals surface area (Å²) in [4.78, 5) is 11.8. The van der Waals surface area contributed by atoms with Crippen LogP contribution in [0.4, 0.5) is 0 Å². The maximum absolute atomic E-state index is 11.8. The van der Waals surface area contributed by atoms with Gasteiger partial charge in [0.1, 0.15) is 0 Å². The first-order valence-corrected chi connectivity index (χ1v) is 9.55. The van der Waals surface area contributed by atoms with Crippen molar-refractivity contribution in [2.45, 2.75) is 12.8 Å². The summed E-state index contributed by atoms with van der Waals surface area (Å²) >= 11 is 0.